The summed E-state index contributed by atoms with van der Waals surface area (Å²) < 4.78 is 4.63. The van der Waals surface area contributed by atoms with Crippen molar-refractivity contribution in [3.05, 3.63) is 7.05 Å². The molecule has 0 aliphatic rings. The van der Waals surface area contributed by atoms with Gasteiger partial charge in [-0.2, -0.15) is 0 Å². The van der Waals surface area contributed by atoms with Crippen LogP contribution >= 0.6 is 0 Å². The fourth-order valence-electron chi connectivity index (χ4n) is 0.220. The molecule has 0 amide bonds. The first-order valence-electron chi connectivity index (χ1n) is 2.13. The van der Waals surface area contributed by atoms with Crippen molar-refractivity contribution < 1.29 is 15.0 Å². The number of quaternary nitrogens is 1. The molecule has 1 atom stereocenters. The number of hydrogen-bond acceptors (Lipinski definition) is 2. The molecule has 3 nitrogen and oxygen atoms in total. The summed E-state index contributed by atoms with van der Waals surface area (Å²) in [4.78, 5) is 0. The predicted molar refractivity (Wildman–Crippen MR) is 24.8 cm³/mol. The lowest BCUT2D eigenvalue weighted by Crippen LogP contribution is -3.04. The molecular formula is C4H11NO2. The minimum absolute atomic E-state index is 0.182. The minimum Gasteiger partial charge on any atom is -0.379 e. The van der Waals surface area contributed by atoms with Crippen LogP contribution in [0.25, 0.3) is 0 Å². The molecule has 0 aromatic heterocycles. The third kappa shape index (κ3) is 5.88. The second-order valence-electron chi connectivity index (χ2n) is 1.31. The Labute approximate surface area is 43.5 Å². The third-order valence-electron chi connectivity index (χ3n) is 0.595. The van der Waals surface area contributed by atoms with E-state index in [-0.39, 0.29) is 5.06 Å². The highest BCUT2D eigenvalue weighted by molar-refractivity contribution is 4.15. The maximum absolute atomic E-state index is 8.41. The molecule has 0 aliphatic carbocycles. The smallest absolute Gasteiger partial charge is 0.105 e. The zero-order valence-corrected chi connectivity index (χ0v) is 4.48. The highest BCUT2D eigenvalue weighted by Crippen LogP contribution is 1.54. The Hall–Kier alpha value is -0.120. The second kappa shape index (κ2) is 4.05. The van der Waals surface area contributed by atoms with Crippen LogP contribution in [-0.4, -0.2) is 25.5 Å². The van der Waals surface area contributed by atoms with Crippen molar-refractivity contribution in [2.75, 3.05) is 20.3 Å². The van der Waals surface area contributed by atoms with E-state index in [1.807, 2.05) is 0 Å². The SMILES string of the molecule is [CH2-][NH+](O)CCOC. The molecule has 0 heterocycles. The summed E-state index contributed by atoms with van der Waals surface area (Å²) in [6, 6.07) is 0. The van der Waals surface area contributed by atoms with Gasteiger partial charge >= 0.3 is 0 Å². The standard InChI is InChI=1S/C4H11NO2/c1-5(6)3-4-7-2/h5-6H,1,3-4H2,2H3. The van der Waals surface area contributed by atoms with Gasteiger partial charge in [0.05, 0.1) is 6.61 Å². The molecule has 1 unspecified atom stereocenters. The number of ether oxygens (including phenoxy) is 1. The molecule has 0 spiro atoms. The van der Waals surface area contributed by atoms with Crippen molar-refractivity contribution in [1.82, 2.24) is 0 Å². The van der Waals surface area contributed by atoms with Crippen molar-refractivity contribution >= 4 is 0 Å². The van der Waals surface area contributed by atoms with Crippen LogP contribution < -0.4 is 5.06 Å². The van der Waals surface area contributed by atoms with E-state index in [0.29, 0.717) is 13.2 Å². The molecule has 0 aromatic rings. The zero-order valence-electron chi connectivity index (χ0n) is 4.48. The largest absolute Gasteiger partial charge is 0.379 e. The summed E-state index contributed by atoms with van der Waals surface area (Å²) in [6.45, 7) is 1.09. The molecule has 2 N–H and O–H groups in total. The first-order valence-corrected chi connectivity index (χ1v) is 2.13. The lowest BCUT2D eigenvalue weighted by Gasteiger charge is -2.07. The Morgan fingerprint density at radius 3 is 2.57 bits per heavy atom. The zero-order chi connectivity index (χ0) is 5.70. The maximum atomic E-state index is 8.41. The molecular weight excluding hydrogens is 94.0 g/mol. The van der Waals surface area contributed by atoms with E-state index in [1.54, 1.807) is 7.11 Å². The van der Waals surface area contributed by atoms with Crippen LogP contribution in [-0.2, 0) is 4.74 Å². The molecule has 3 heteroatoms. The summed E-state index contributed by atoms with van der Waals surface area (Å²) in [5, 5.41) is 8.59. The number of rotatable bonds is 3. The normalized spacial score (nSPS) is 14.1. The number of hydroxylamine groups is 2. The Bertz CT molecular complexity index is 38.7. The second-order valence-corrected chi connectivity index (χ2v) is 1.31. The van der Waals surface area contributed by atoms with Gasteiger partial charge in [0.2, 0.25) is 0 Å². The van der Waals surface area contributed by atoms with Crippen LogP contribution in [0, 0.1) is 7.05 Å². The van der Waals surface area contributed by atoms with Crippen LogP contribution in [0.1, 0.15) is 0 Å². The van der Waals surface area contributed by atoms with E-state index in [2.05, 4.69) is 11.8 Å². The van der Waals surface area contributed by atoms with Crippen molar-refractivity contribution in [3.63, 3.8) is 0 Å². The number of nitrogens with one attached hydrogen (secondary N) is 1. The quantitative estimate of drug-likeness (QED) is 0.345. The first kappa shape index (κ1) is 6.88. The van der Waals surface area contributed by atoms with E-state index in [0.717, 1.165) is 0 Å². The number of methoxy groups -OCH3 is 1. The summed E-state index contributed by atoms with van der Waals surface area (Å²) in [5.41, 5.74) is 0. The Morgan fingerprint density at radius 2 is 2.43 bits per heavy atom. The Morgan fingerprint density at radius 1 is 1.86 bits per heavy atom. The van der Waals surface area contributed by atoms with Crippen LogP contribution in [0.5, 0.6) is 0 Å². The lowest BCUT2D eigenvalue weighted by atomic mass is 10.7. The molecule has 0 aromatic carbocycles. The molecule has 0 aliphatic heterocycles. The monoisotopic (exact) mass is 105 g/mol. The Kier molecular flexibility index (Phi) is 3.98. The van der Waals surface area contributed by atoms with Crippen LogP contribution in [0.2, 0.25) is 0 Å². The molecule has 0 radical (unpaired) electrons. The summed E-state index contributed by atoms with van der Waals surface area (Å²) in [5.74, 6) is 0. The van der Waals surface area contributed by atoms with Crippen molar-refractivity contribution in [3.8, 4) is 0 Å². The molecule has 0 fully saturated rings. The van der Waals surface area contributed by atoms with Crippen molar-refractivity contribution in [2.45, 2.75) is 0 Å². The van der Waals surface area contributed by atoms with Gasteiger partial charge in [-0.05, 0) is 0 Å². The van der Waals surface area contributed by atoms with Gasteiger partial charge in [0, 0.05) is 7.11 Å². The summed E-state index contributed by atoms with van der Waals surface area (Å²) >= 11 is 0. The van der Waals surface area contributed by atoms with E-state index in [4.69, 9.17) is 5.21 Å². The predicted octanol–water partition coefficient (Wildman–Crippen LogP) is -1.30. The van der Waals surface area contributed by atoms with Crippen molar-refractivity contribution in [2.24, 2.45) is 0 Å². The van der Waals surface area contributed by atoms with Gasteiger partial charge in [0.1, 0.15) is 6.54 Å². The minimum atomic E-state index is 0.182. The van der Waals surface area contributed by atoms with Gasteiger partial charge in [-0.15, -0.1) is 7.05 Å². The van der Waals surface area contributed by atoms with Gasteiger partial charge < -0.3 is 9.80 Å². The summed E-state index contributed by atoms with van der Waals surface area (Å²) in [7, 11) is 4.85. The highest BCUT2D eigenvalue weighted by atomic mass is 16.5. The van der Waals surface area contributed by atoms with Crippen molar-refractivity contribution in [1.29, 1.82) is 0 Å². The average molecular weight is 105 g/mol. The van der Waals surface area contributed by atoms with E-state index >= 15 is 0 Å². The van der Waals surface area contributed by atoms with Crippen LogP contribution in [0.15, 0.2) is 0 Å². The van der Waals surface area contributed by atoms with Crippen LogP contribution in [0.3, 0.4) is 0 Å². The summed E-state index contributed by atoms with van der Waals surface area (Å²) in [6.07, 6.45) is 0. The fourth-order valence-corrected chi connectivity index (χ4v) is 0.220. The van der Waals surface area contributed by atoms with E-state index in [1.165, 1.54) is 0 Å². The van der Waals surface area contributed by atoms with Gasteiger partial charge in [0.15, 0.2) is 0 Å². The van der Waals surface area contributed by atoms with E-state index in [9.17, 15) is 0 Å². The highest BCUT2D eigenvalue weighted by Gasteiger charge is 1.84. The van der Waals surface area contributed by atoms with Gasteiger partial charge in [-0.1, -0.05) is 0 Å². The molecule has 0 bridgehead atoms. The van der Waals surface area contributed by atoms with E-state index < -0.39 is 0 Å². The number of hydrogen-bond donors (Lipinski definition) is 2. The Balaban J connectivity index is 2.68. The third-order valence-corrected chi connectivity index (χ3v) is 0.595. The average Bonchev–Trinajstić information content (AvgIpc) is 1.61. The molecule has 0 saturated carbocycles. The van der Waals surface area contributed by atoms with Crippen LogP contribution in [0.4, 0.5) is 0 Å². The molecule has 7 heavy (non-hydrogen) atoms. The molecule has 0 rings (SSSR count). The first-order chi connectivity index (χ1) is 3.27. The fraction of sp³-hybridized carbons (Fsp3) is 0.750. The molecule has 44 valence electrons. The maximum Gasteiger partial charge on any atom is 0.105 e. The topological polar surface area (TPSA) is 33.9 Å². The van der Waals surface area contributed by atoms with Gasteiger partial charge in [-0.25, -0.2) is 5.21 Å². The molecule has 0 saturated heterocycles. The van der Waals surface area contributed by atoms with Gasteiger partial charge in [-0.3, -0.25) is 0 Å². The lowest BCUT2D eigenvalue weighted by molar-refractivity contribution is -1.05. The van der Waals surface area contributed by atoms with Gasteiger partial charge in [0.25, 0.3) is 0 Å².